The number of carbonyl (C=O) groups excluding carboxylic acids is 2. The lowest BCUT2D eigenvalue weighted by Crippen LogP contribution is -2.60. The third kappa shape index (κ3) is 1.91. The fraction of sp³-hybridized carbons (Fsp3) is 0.235. The summed E-state index contributed by atoms with van der Waals surface area (Å²) in [4.78, 5) is 30.9. The Morgan fingerprint density at radius 3 is 2.65 bits per heavy atom. The SMILES string of the molecule is CN1c2ncccc2CC2(NC(=O)NC2=O)C1c1ccccc1. The minimum atomic E-state index is -1.02. The van der Waals surface area contributed by atoms with Crippen molar-refractivity contribution in [3.8, 4) is 0 Å². The summed E-state index contributed by atoms with van der Waals surface area (Å²) in [6.07, 6.45) is 2.15. The number of aromatic nitrogens is 1. The van der Waals surface area contributed by atoms with Crippen molar-refractivity contribution in [2.45, 2.75) is 18.0 Å². The molecular formula is C17H16N4O2. The molecule has 2 aliphatic rings. The molecule has 3 heterocycles. The molecule has 1 aromatic heterocycles. The molecule has 116 valence electrons. The van der Waals surface area contributed by atoms with Gasteiger partial charge in [-0.3, -0.25) is 10.1 Å². The van der Waals surface area contributed by atoms with E-state index in [9.17, 15) is 9.59 Å². The van der Waals surface area contributed by atoms with Gasteiger partial charge >= 0.3 is 6.03 Å². The predicted octanol–water partition coefficient (Wildman–Crippen LogP) is 1.39. The zero-order valence-electron chi connectivity index (χ0n) is 12.6. The van der Waals surface area contributed by atoms with Gasteiger partial charge in [0.2, 0.25) is 0 Å². The highest BCUT2D eigenvalue weighted by Crippen LogP contribution is 2.43. The van der Waals surface area contributed by atoms with Crippen LogP contribution < -0.4 is 15.5 Å². The van der Waals surface area contributed by atoms with E-state index in [1.165, 1.54) is 0 Å². The standard InChI is InChI=1S/C17H16N4O2/c1-21-13(11-6-3-2-4-7-11)17(15(22)19-16(23)20-17)10-12-8-5-9-18-14(12)21/h2-9,13H,10H2,1H3,(H2,19,20,22,23). The molecule has 2 aromatic rings. The lowest BCUT2D eigenvalue weighted by molar-refractivity contribution is -0.125. The van der Waals surface area contributed by atoms with Gasteiger partial charge < -0.3 is 10.2 Å². The molecule has 3 amide bonds. The molecule has 6 heteroatoms. The molecule has 6 nitrogen and oxygen atoms in total. The normalized spacial score (nSPS) is 26.0. The van der Waals surface area contributed by atoms with E-state index in [-0.39, 0.29) is 11.9 Å². The smallest absolute Gasteiger partial charge is 0.322 e. The number of amides is 3. The summed E-state index contributed by atoms with van der Waals surface area (Å²) in [5.74, 6) is 0.540. The molecule has 0 aliphatic carbocycles. The second-order valence-electron chi connectivity index (χ2n) is 5.97. The summed E-state index contributed by atoms with van der Waals surface area (Å²) in [5.41, 5.74) is 0.881. The number of nitrogens with zero attached hydrogens (tertiary/aromatic N) is 2. The summed E-state index contributed by atoms with van der Waals surface area (Å²) < 4.78 is 0. The zero-order valence-corrected chi connectivity index (χ0v) is 12.6. The van der Waals surface area contributed by atoms with Crippen molar-refractivity contribution in [3.63, 3.8) is 0 Å². The number of likely N-dealkylation sites (N-methyl/N-ethyl adjacent to an activating group) is 1. The third-order valence-corrected chi connectivity index (χ3v) is 4.61. The van der Waals surface area contributed by atoms with E-state index in [4.69, 9.17) is 0 Å². The average molecular weight is 308 g/mol. The number of hydrogen-bond donors (Lipinski definition) is 2. The first-order valence-corrected chi connectivity index (χ1v) is 7.47. The number of carbonyl (C=O) groups is 2. The molecule has 2 atom stereocenters. The number of urea groups is 1. The van der Waals surface area contributed by atoms with E-state index in [0.717, 1.165) is 16.9 Å². The van der Waals surface area contributed by atoms with Crippen molar-refractivity contribution in [2.24, 2.45) is 0 Å². The Kier molecular flexibility index (Phi) is 2.87. The number of imide groups is 1. The second-order valence-corrected chi connectivity index (χ2v) is 5.97. The van der Waals surface area contributed by atoms with Gasteiger partial charge in [0.1, 0.15) is 11.4 Å². The molecule has 1 aromatic carbocycles. The molecule has 0 radical (unpaired) electrons. The first-order chi connectivity index (χ1) is 11.1. The van der Waals surface area contributed by atoms with Crippen molar-refractivity contribution < 1.29 is 9.59 Å². The molecule has 2 N–H and O–H groups in total. The van der Waals surface area contributed by atoms with Crippen LogP contribution in [-0.4, -0.2) is 29.5 Å². The summed E-state index contributed by atoms with van der Waals surface area (Å²) in [6, 6.07) is 12.7. The fourth-order valence-electron chi connectivity index (χ4n) is 3.70. The third-order valence-electron chi connectivity index (χ3n) is 4.61. The van der Waals surface area contributed by atoms with E-state index in [0.29, 0.717) is 6.42 Å². The molecule has 2 aliphatic heterocycles. The summed E-state index contributed by atoms with van der Waals surface area (Å²) >= 11 is 0. The van der Waals surface area contributed by atoms with Crippen LogP contribution >= 0.6 is 0 Å². The Morgan fingerprint density at radius 2 is 1.96 bits per heavy atom. The lowest BCUT2D eigenvalue weighted by atomic mass is 9.76. The predicted molar refractivity (Wildman–Crippen MR) is 84.9 cm³/mol. The molecular weight excluding hydrogens is 292 g/mol. The molecule has 23 heavy (non-hydrogen) atoms. The van der Waals surface area contributed by atoms with E-state index in [1.807, 2.05) is 54.4 Å². The van der Waals surface area contributed by atoms with Crippen molar-refractivity contribution >= 4 is 17.8 Å². The van der Waals surface area contributed by atoms with E-state index in [2.05, 4.69) is 15.6 Å². The molecule has 0 saturated carbocycles. The van der Waals surface area contributed by atoms with Crippen LogP contribution in [0.5, 0.6) is 0 Å². The minimum absolute atomic E-state index is 0.294. The number of nitrogens with one attached hydrogen (secondary N) is 2. The van der Waals surface area contributed by atoms with Crippen molar-refractivity contribution in [3.05, 3.63) is 59.8 Å². The zero-order chi connectivity index (χ0) is 16.0. The van der Waals surface area contributed by atoms with Gasteiger partial charge in [-0.1, -0.05) is 36.4 Å². The molecule has 4 rings (SSSR count). The van der Waals surface area contributed by atoms with Crippen molar-refractivity contribution in [2.75, 3.05) is 11.9 Å². The fourth-order valence-corrected chi connectivity index (χ4v) is 3.70. The average Bonchev–Trinajstić information content (AvgIpc) is 2.82. The maximum Gasteiger partial charge on any atom is 0.322 e. The van der Waals surface area contributed by atoms with Crippen molar-refractivity contribution in [1.29, 1.82) is 0 Å². The Labute approximate surface area is 133 Å². The van der Waals surface area contributed by atoms with Crippen LogP contribution in [0, 0.1) is 0 Å². The first-order valence-electron chi connectivity index (χ1n) is 7.47. The monoisotopic (exact) mass is 308 g/mol. The van der Waals surface area contributed by atoms with Gasteiger partial charge in [0.25, 0.3) is 5.91 Å². The highest BCUT2D eigenvalue weighted by atomic mass is 16.2. The number of hydrogen-bond acceptors (Lipinski definition) is 4. The van der Waals surface area contributed by atoms with Gasteiger partial charge in [-0.05, 0) is 17.2 Å². The topological polar surface area (TPSA) is 74.3 Å². The van der Waals surface area contributed by atoms with Crippen LogP contribution in [0.1, 0.15) is 17.2 Å². The van der Waals surface area contributed by atoms with Crippen LogP contribution in [0.2, 0.25) is 0 Å². The Bertz CT molecular complexity index is 792. The number of benzene rings is 1. The molecule has 1 fully saturated rings. The Balaban J connectivity index is 1.93. The highest BCUT2D eigenvalue weighted by Gasteiger charge is 2.56. The molecule has 0 bridgehead atoms. The van der Waals surface area contributed by atoms with Gasteiger partial charge in [-0.2, -0.15) is 0 Å². The van der Waals surface area contributed by atoms with Gasteiger partial charge in [0.15, 0.2) is 0 Å². The van der Waals surface area contributed by atoms with Gasteiger partial charge in [0, 0.05) is 19.7 Å². The van der Waals surface area contributed by atoms with Gasteiger partial charge in [-0.15, -0.1) is 0 Å². The number of fused-ring (bicyclic) bond motifs is 1. The van der Waals surface area contributed by atoms with Crippen LogP contribution in [0.3, 0.4) is 0 Å². The number of rotatable bonds is 1. The summed E-state index contributed by atoms with van der Waals surface area (Å²) in [6.45, 7) is 0. The Hall–Kier alpha value is -2.89. The van der Waals surface area contributed by atoms with Crippen LogP contribution in [0.4, 0.5) is 10.6 Å². The van der Waals surface area contributed by atoms with Crippen LogP contribution in [-0.2, 0) is 11.2 Å². The largest absolute Gasteiger partial charge is 0.349 e. The van der Waals surface area contributed by atoms with Gasteiger partial charge in [-0.25, -0.2) is 9.78 Å². The lowest BCUT2D eigenvalue weighted by Gasteiger charge is -2.45. The molecule has 1 spiro atoms. The summed E-state index contributed by atoms with van der Waals surface area (Å²) in [7, 11) is 1.90. The number of anilines is 1. The van der Waals surface area contributed by atoms with Gasteiger partial charge in [0.05, 0.1) is 6.04 Å². The molecule has 2 unspecified atom stereocenters. The molecule has 1 saturated heterocycles. The highest BCUT2D eigenvalue weighted by molar-refractivity contribution is 6.08. The van der Waals surface area contributed by atoms with Crippen molar-refractivity contribution in [1.82, 2.24) is 15.6 Å². The maximum atomic E-state index is 12.7. The van der Waals surface area contributed by atoms with E-state index >= 15 is 0 Å². The minimum Gasteiger partial charge on any atom is -0.349 e. The Morgan fingerprint density at radius 1 is 1.17 bits per heavy atom. The quantitative estimate of drug-likeness (QED) is 0.781. The summed E-state index contributed by atoms with van der Waals surface area (Å²) in [5, 5.41) is 5.26. The van der Waals surface area contributed by atoms with Crippen LogP contribution in [0.15, 0.2) is 48.7 Å². The second kappa shape index (κ2) is 4.81. The van der Waals surface area contributed by atoms with E-state index in [1.54, 1.807) is 6.20 Å². The first kappa shape index (κ1) is 13.8. The van der Waals surface area contributed by atoms with E-state index < -0.39 is 11.6 Å². The maximum absolute atomic E-state index is 12.7. The number of pyridine rings is 1. The van der Waals surface area contributed by atoms with Crippen LogP contribution in [0.25, 0.3) is 0 Å².